The lowest BCUT2D eigenvalue weighted by Gasteiger charge is -2.34. The first kappa shape index (κ1) is 19.6. The Labute approximate surface area is 168 Å². The Kier molecular flexibility index (Phi) is 5.37. The normalized spacial score (nSPS) is 15.8. The Morgan fingerprint density at radius 1 is 1.10 bits per heavy atom. The molecule has 0 atom stereocenters. The van der Waals surface area contributed by atoms with Gasteiger partial charge in [-0.25, -0.2) is 8.78 Å². The van der Waals surface area contributed by atoms with Crippen molar-refractivity contribution in [3.05, 3.63) is 70.9 Å². The van der Waals surface area contributed by atoms with Crippen LogP contribution in [0, 0.1) is 18.6 Å². The van der Waals surface area contributed by atoms with Gasteiger partial charge in [0.1, 0.15) is 11.6 Å². The van der Waals surface area contributed by atoms with Gasteiger partial charge < -0.3 is 15.2 Å². The number of primary amides is 1. The molecule has 4 nitrogen and oxygen atoms in total. The zero-order valence-electron chi connectivity index (χ0n) is 16.5. The number of aromatic nitrogens is 1. The molecule has 0 spiro atoms. The molecule has 2 aromatic carbocycles. The molecule has 0 saturated carbocycles. The highest BCUT2D eigenvalue weighted by molar-refractivity contribution is 5.97. The van der Waals surface area contributed by atoms with Crippen molar-refractivity contribution < 1.29 is 13.6 Å². The molecule has 0 aliphatic carbocycles. The van der Waals surface area contributed by atoms with Crippen molar-refractivity contribution in [2.24, 2.45) is 5.73 Å². The van der Waals surface area contributed by atoms with Gasteiger partial charge in [0.15, 0.2) is 0 Å². The summed E-state index contributed by atoms with van der Waals surface area (Å²) in [5.41, 5.74) is 8.76. The zero-order chi connectivity index (χ0) is 20.5. The number of benzene rings is 2. The average Bonchev–Trinajstić information content (AvgIpc) is 3.02. The third kappa shape index (κ3) is 4.03. The van der Waals surface area contributed by atoms with Gasteiger partial charge in [0.2, 0.25) is 5.91 Å². The van der Waals surface area contributed by atoms with E-state index in [9.17, 15) is 13.6 Å². The third-order valence-corrected chi connectivity index (χ3v) is 5.95. The van der Waals surface area contributed by atoms with Crippen LogP contribution in [0.15, 0.2) is 42.5 Å². The van der Waals surface area contributed by atoms with Crippen LogP contribution in [-0.2, 0) is 6.42 Å². The first-order valence-electron chi connectivity index (χ1n) is 10.00. The van der Waals surface area contributed by atoms with E-state index in [2.05, 4.69) is 22.5 Å². The number of hydrogen-bond acceptors (Lipinski definition) is 2. The maximum atomic E-state index is 13.8. The molecule has 29 heavy (non-hydrogen) atoms. The first-order valence-corrected chi connectivity index (χ1v) is 10.00. The maximum absolute atomic E-state index is 13.8. The number of nitrogens with zero attached hydrogens (tertiary/aromatic N) is 2. The van der Waals surface area contributed by atoms with Gasteiger partial charge >= 0.3 is 0 Å². The van der Waals surface area contributed by atoms with Gasteiger partial charge in [0, 0.05) is 48.5 Å². The SMILES string of the molecule is Cc1cc2ccc(C(N)=O)cc2n1C1CCN(CCc2ccc(F)cc2F)CC1. The fourth-order valence-electron chi connectivity index (χ4n) is 4.40. The predicted octanol–water partition coefficient (Wildman–Crippen LogP) is 4.21. The molecular weight excluding hydrogens is 372 g/mol. The number of carbonyl (C=O) groups excluding carboxylic acids is 1. The Balaban J connectivity index is 1.43. The summed E-state index contributed by atoms with van der Waals surface area (Å²) in [5, 5.41) is 1.11. The number of aryl methyl sites for hydroxylation is 1. The summed E-state index contributed by atoms with van der Waals surface area (Å²) >= 11 is 0. The lowest BCUT2D eigenvalue weighted by Crippen LogP contribution is -2.36. The number of piperidine rings is 1. The molecule has 4 rings (SSSR count). The molecule has 2 N–H and O–H groups in total. The summed E-state index contributed by atoms with van der Waals surface area (Å²) in [7, 11) is 0. The van der Waals surface area contributed by atoms with Crippen LogP contribution in [0.4, 0.5) is 8.78 Å². The van der Waals surface area contributed by atoms with Crippen LogP contribution in [0.5, 0.6) is 0 Å². The molecule has 6 heteroatoms. The van der Waals surface area contributed by atoms with Crippen LogP contribution >= 0.6 is 0 Å². The van der Waals surface area contributed by atoms with Crippen LogP contribution in [0.3, 0.4) is 0 Å². The van der Waals surface area contributed by atoms with Crippen LogP contribution < -0.4 is 5.73 Å². The second-order valence-electron chi connectivity index (χ2n) is 7.85. The van der Waals surface area contributed by atoms with Gasteiger partial charge in [0.05, 0.1) is 0 Å². The Bertz CT molecular complexity index is 1050. The number of carbonyl (C=O) groups is 1. The van der Waals surface area contributed by atoms with Crippen molar-refractivity contribution in [3.63, 3.8) is 0 Å². The Hall–Kier alpha value is -2.73. The van der Waals surface area contributed by atoms with E-state index in [0.717, 1.165) is 49.4 Å². The monoisotopic (exact) mass is 397 g/mol. The van der Waals surface area contributed by atoms with Crippen molar-refractivity contribution in [3.8, 4) is 0 Å². The van der Waals surface area contributed by atoms with Crippen molar-refractivity contribution >= 4 is 16.8 Å². The van der Waals surface area contributed by atoms with Crippen molar-refractivity contribution in [2.75, 3.05) is 19.6 Å². The minimum absolute atomic E-state index is 0.356. The van der Waals surface area contributed by atoms with E-state index in [1.54, 1.807) is 6.07 Å². The number of hydrogen-bond donors (Lipinski definition) is 1. The van der Waals surface area contributed by atoms with E-state index in [1.807, 2.05) is 12.1 Å². The summed E-state index contributed by atoms with van der Waals surface area (Å²) in [6, 6.07) is 11.9. The molecule has 3 aromatic rings. The van der Waals surface area contributed by atoms with E-state index in [1.165, 1.54) is 17.8 Å². The maximum Gasteiger partial charge on any atom is 0.248 e. The molecule has 1 aliphatic rings. The number of halogens is 2. The molecule has 1 aliphatic heterocycles. The Morgan fingerprint density at radius 2 is 1.86 bits per heavy atom. The summed E-state index contributed by atoms with van der Waals surface area (Å²) in [6.07, 6.45) is 2.54. The number of fused-ring (bicyclic) bond motifs is 1. The van der Waals surface area contributed by atoms with Gasteiger partial charge in [0.25, 0.3) is 0 Å². The molecule has 0 unspecified atom stereocenters. The summed E-state index contributed by atoms with van der Waals surface area (Å²) in [5.74, 6) is -1.43. The van der Waals surface area contributed by atoms with Crippen LogP contribution in [0.25, 0.3) is 10.9 Å². The zero-order valence-corrected chi connectivity index (χ0v) is 16.5. The van der Waals surface area contributed by atoms with E-state index in [0.29, 0.717) is 23.6 Å². The quantitative estimate of drug-likeness (QED) is 0.701. The van der Waals surface area contributed by atoms with Gasteiger partial charge in [-0.3, -0.25) is 4.79 Å². The highest BCUT2D eigenvalue weighted by atomic mass is 19.1. The van der Waals surface area contributed by atoms with Gasteiger partial charge in [-0.2, -0.15) is 0 Å². The second-order valence-corrected chi connectivity index (χ2v) is 7.85. The first-order chi connectivity index (χ1) is 13.9. The molecule has 1 fully saturated rings. The van der Waals surface area contributed by atoms with Gasteiger partial charge in [-0.05, 0) is 61.4 Å². The molecule has 1 saturated heterocycles. The van der Waals surface area contributed by atoms with Crippen molar-refractivity contribution in [1.29, 1.82) is 0 Å². The number of amides is 1. The largest absolute Gasteiger partial charge is 0.366 e. The van der Waals surface area contributed by atoms with E-state index in [4.69, 9.17) is 5.73 Å². The molecule has 0 bridgehead atoms. The minimum atomic E-state index is -0.541. The molecule has 0 radical (unpaired) electrons. The van der Waals surface area contributed by atoms with Gasteiger partial charge in [-0.15, -0.1) is 0 Å². The lowest BCUT2D eigenvalue weighted by molar-refractivity contribution is 0.100. The topological polar surface area (TPSA) is 51.3 Å². The third-order valence-electron chi connectivity index (χ3n) is 5.95. The van der Waals surface area contributed by atoms with Crippen LogP contribution in [-0.4, -0.2) is 35.0 Å². The number of nitrogens with two attached hydrogens (primary N) is 1. The predicted molar refractivity (Wildman–Crippen MR) is 110 cm³/mol. The smallest absolute Gasteiger partial charge is 0.248 e. The summed E-state index contributed by atoms with van der Waals surface area (Å²) in [4.78, 5) is 13.9. The summed E-state index contributed by atoms with van der Waals surface area (Å²) in [6.45, 7) is 4.68. The van der Waals surface area contributed by atoms with E-state index < -0.39 is 17.5 Å². The van der Waals surface area contributed by atoms with Crippen molar-refractivity contribution in [1.82, 2.24) is 9.47 Å². The highest BCUT2D eigenvalue weighted by Gasteiger charge is 2.23. The van der Waals surface area contributed by atoms with Gasteiger partial charge in [-0.1, -0.05) is 12.1 Å². The Morgan fingerprint density at radius 3 is 2.55 bits per heavy atom. The van der Waals surface area contributed by atoms with Crippen LogP contribution in [0.2, 0.25) is 0 Å². The number of likely N-dealkylation sites (tertiary alicyclic amines) is 1. The average molecular weight is 397 g/mol. The molecule has 152 valence electrons. The fourth-order valence-corrected chi connectivity index (χ4v) is 4.40. The highest BCUT2D eigenvalue weighted by Crippen LogP contribution is 2.31. The molecular formula is C23H25F2N3O. The molecule has 1 aromatic heterocycles. The van der Waals surface area contributed by atoms with E-state index in [-0.39, 0.29) is 0 Å². The summed E-state index contributed by atoms with van der Waals surface area (Å²) < 4.78 is 29.2. The van der Waals surface area contributed by atoms with Crippen molar-refractivity contribution in [2.45, 2.75) is 32.2 Å². The number of rotatable bonds is 5. The fraction of sp³-hybridized carbons (Fsp3) is 0.348. The van der Waals surface area contributed by atoms with E-state index >= 15 is 0 Å². The molecule has 1 amide bonds. The lowest BCUT2D eigenvalue weighted by atomic mass is 10.0. The minimum Gasteiger partial charge on any atom is -0.366 e. The van der Waals surface area contributed by atoms with Crippen LogP contribution in [0.1, 0.15) is 40.5 Å². The molecule has 2 heterocycles. The standard InChI is InChI=1S/C23H25F2N3O/c1-15-12-17-2-3-18(23(26)29)13-22(17)28(15)20-7-10-27(11-8-20)9-6-16-4-5-19(24)14-21(16)25/h2-5,12-14,20H,6-11H2,1H3,(H2,26,29). The second kappa shape index (κ2) is 7.95.